The van der Waals surface area contributed by atoms with Gasteiger partial charge < -0.3 is 10.4 Å². The number of hydrogen-bond donors (Lipinski definition) is 2. The molecule has 2 aromatic rings. The van der Waals surface area contributed by atoms with Gasteiger partial charge in [-0.3, -0.25) is 4.79 Å². The highest BCUT2D eigenvalue weighted by Crippen LogP contribution is 2.20. The third-order valence-electron chi connectivity index (χ3n) is 3.14. The number of aliphatic hydroxyl groups excluding tert-OH is 1. The average Bonchev–Trinajstić information content (AvgIpc) is 2.97. The van der Waals surface area contributed by atoms with E-state index in [-0.39, 0.29) is 28.9 Å². The van der Waals surface area contributed by atoms with Crippen molar-refractivity contribution in [3.63, 3.8) is 0 Å². The zero-order chi connectivity index (χ0) is 16.1. The predicted octanol–water partition coefficient (Wildman–Crippen LogP) is 1.81. The van der Waals surface area contributed by atoms with Crippen LogP contribution in [0.2, 0.25) is 5.02 Å². The summed E-state index contributed by atoms with van der Waals surface area (Å²) in [5, 5.41) is 18.9. The number of aliphatic hydroxyl groups is 1. The molecule has 0 radical (unpaired) electrons. The van der Waals surface area contributed by atoms with Gasteiger partial charge in [0, 0.05) is 13.2 Å². The Morgan fingerprint density at radius 1 is 1.55 bits per heavy atom. The summed E-state index contributed by atoms with van der Waals surface area (Å²) in [7, 11) is 0. The predicted molar refractivity (Wildman–Crippen MR) is 79.5 cm³/mol. The minimum absolute atomic E-state index is 0.0307. The number of carbonyl (C=O) groups is 1. The number of carbonyl (C=O) groups excluding carboxylic acids is 1. The highest BCUT2D eigenvalue weighted by Gasteiger charge is 2.15. The fourth-order valence-corrected chi connectivity index (χ4v) is 2.00. The van der Waals surface area contributed by atoms with Crippen molar-refractivity contribution in [3.8, 4) is 5.69 Å². The normalized spacial score (nSPS) is 12.2. The molecule has 22 heavy (non-hydrogen) atoms. The largest absolute Gasteiger partial charge is 0.396 e. The van der Waals surface area contributed by atoms with Crippen molar-refractivity contribution in [3.05, 3.63) is 40.9 Å². The highest BCUT2D eigenvalue weighted by atomic mass is 35.5. The van der Waals surface area contributed by atoms with E-state index >= 15 is 0 Å². The van der Waals surface area contributed by atoms with Crippen LogP contribution in [0.25, 0.3) is 5.69 Å². The third kappa shape index (κ3) is 3.80. The molecule has 1 aromatic heterocycles. The lowest BCUT2D eigenvalue weighted by molar-refractivity contribution is 0.0940. The first-order valence-electron chi connectivity index (χ1n) is 6.78. The summed E-state index contributed by atoms with van der Waals surface area (Å²) in [5.74, 6) is -0.884. The van der Waals surface area contributed by atoms with Crippen LogP contribution in [0.1, 0.15) is 23.8 Å². The SMILES string of the molecule is C[C@H](CCO)CNC(=O)c1cn(-c2cccc(Cl)c2F)nn1. The molecule has 0 spiro atoms. The number of aromatic nitrogens is 3. The number of nitrogens with one attached hydrogen (secondary N) is 1. The van der Waals surface area contributed by atoms with E-state index in [1.54, 1.807) is 6.07 Å². The topological polar surface area (TPSA) is 80.0 Å². The van der Waals surface area contributed by atoms with E-state index in [4.69, 9.17) is 16.7 Å². The second-order valence-corrected chi connectivity index (χ2v) is 5.36. The van der Waals surface area contributed by atoms with Crippen molar-refractivity contribution in [2.75, 3.05) is 13.2 Å². The van der Waals surface area contributed by atoms with Crippen LogP contribution in [-0.2, 0) is 0 Å². The molecule has 1 atom stereocenters. The van der Waals surface area contributed by atoms with Gasteiger partial charge in [-0.15, -0.1) is 5.10 Å². The van der Waals surface area contributed by atoms with Crippen LogP contribution in [0.4, 0.5) is 4.39 Å². The summed E-state index contributed by atoms with van der Waals surface area (Å²) >= 11 is 5.71. The Hall–Kier alpha value is -1.99. The van der Waals surface area contributed by atoms with Crippen molar-refractivity contribution in [2.24, 2.45) is 5.92 Å². The molecule has 1 aromatic carbocycles. The Bertz CT molecular complexity index is 662. The highest BCUT2D eigenvalue weighted by molar-refractivity contribution is 6.30. The van der Waals surface area contributed by atoms with Gasteiger partial charge in [0.05, 0.1) is 11.2 Å². The van der Waals surface area contributed by atoms with E-state index in [0.717, 1.165) is 4.68 Å². The minimum atomic E-state index is -0.627. The molecule has 1 amide bonds. The van der Waals surface area contributed by atoms with E-state index in [2.05, 4.69) is 15.6 Å². The first kappa shape index (κ1) is 16.4. The monoisotopic (exact) mass is 326 g/mol. The lowest BCUT2D eigenvalue weighted by Gasteiger charge is -2.09. The fraction of sp³-hybridized carbons (Fsp3) is 0.357. The molecule has 0 aliphatic carbocycles. The second-order valence-electron chi connectivity index (χ2n) is 4.95. The van der Waals surface area contributed by atoms with Crippen molar-refractivity contribution in [1.82, 2.24) is 20.3 Å². The molecule has 6 nitrogen and oxygen atoms in total. The van der Waals surface area contributed by atoms with E-state index in [0.29, 0.717) is 13.0 Å². The lowest BCUT2D eigenvalue weighted by Crippen LogP contribution is -2.28. The summed E-state index contributed by atoms with van der Waals surface area (Å²) in [4.78, 5) is 11.9. The van der Waals surface area contributed by atoms with E-state index in [1.165, 1.54) is 18.3 Å². The van der Waals surface area contributed by atoms with Crippen molar-refractivity contribution in [1.29, 1.82) is 0 Å². The van der Waals surface area contributed by atoms with Crippen LogP contribution in [0.3, 0.4) is 0 Å². The molecule has 0 fully saturated rings. The van der Waals surface area contributed by atoms with Gasteiger partial charge >= 0.3 is 0 Å². The number of nitrogens with zero attached hydrogens (tertiary/aromatic N) is 3. The van der Waals surface area contributed by atoms with E-state index in [1.807, 2.05) is 6.92 Å². The number of amides is 1. The van der Waals surface area contributed by atoms with Gasteiger partial charge in [-0.05, 0) is 24.5 Å². The van der Waals surface area contributed by atoms with Crippen LogP contribution in [0.5, 0.6) is 0 Å². The van der Waals surface area contributed by atoms with Gasteiger partial charge in [0.15, 0.2) is 11.5 Å². The lowest BCUT2D eigenvalue weighted by atomic mass is 10.1. The molecule has 0 bridgehead atoms. The second kappa shape index (κ2) is 7.33. The third-order valence-corrected chi connectivity index (χ3v) is 3.43. The number of halogens is 2. The minimum Gasteiger partial charge on any atom is -0.396 e. The van der Waals surface area contributed by atoms with Crippen molar-refractivity contribution < 1.29 is 14.3 Å². The van der Waals surface area contributed by atoms with Gasteiger partial charge in [0.1, 0.15) is 5.69 Å². The number of hydrogen-bond acceptors (Lipinski definition) is 4. The van der Waals surface area contributed by atoms with Gasteiger partial charge in [-0.1, -0.05) is 29.8 Å². The van der Waals surface area contributed by atoms with Crippen LogP contribution < -0.4 is 5.32 Å². The molecule has 2 N–H and O–H groups in total. The summed E-state index contributed by atoms with van der Waals surface area (Å²) in [6.45, 7) is 2.40. The van der Waals surface area contributed by atoms with Crippen LogP contribution >= 0.6 is 11.6 Å². The maximum Gasteiger partial charge on any atom is 0.273 e. The molecular formula is C14H16ClFN4O2. The smallest absolute Gasteiger partial charge is 0.273 e. The Balaban J connectivity index is 2.08. The molecule has 0 saturated carbocycles. The zero-order valence-electron chi connectivity index (χ0n) is 12.0. The van der Waals surface area contributed by atoms with Crippen molar-refractivity contribution in [2.45, 2.75) is 13.3 Å². The van der Waals surface area contributed by atoms with E-state index < -0.39 is 11.7 Å². The summed E-state index contributed by atoms with van der Waals surface area (Å²) < 4.78 is 15.1. The molecule has 2 rings (SSSR count). The van der Waals surface area contributed by atoms with Gasteiger partial charge in [0.25, 0.3) is 5.91 Å². The van der Waals surface area contributed by atoms with Crippen LogP contribution in [0, 0.1) is 11.7 Å². The zero-order valence-corrected chi connectivity index (χ0v) is 12.7. The summed E-state index contributed by atoms with van der Waals surface area (Å²) in [6.07, 6.45) is 1.93. The summed E-state index contributed by atoms with van der Waals surface area (Å²) in [5.41, 5.74) is 0.197. The maximum atomic E-state index is 13.9. The molecule has 0 aliphatic heterocycles. The molecule has 1 heterocycles. The number of benzene rings is 1. The Morgan fingerprint density at radius 3 is 3.05 bits per heavy atom. The van der Waals surface area contributed by atoms with Gasteiger partial charge in [0.2, 0.25) is 0 Å². The fourth-order valence-electron chi connectivity index (χ4n) is 1.83. The van der Waals surface area contributed by atoms with Crippen LogP contribution in [-0.4, -0.2) is 39.2 Å². The van der Waals surface area contributed by atoms with E-state index in [9.17, 15) is 9.18 Å². The Kier molecular flexibility index (Phi) is 5.46. The molecule has 0 unspecified atom stereocenters. The summed E-state index contributed by atoms with van der Waals surface area (Å²) in [6, 6.07) is 4.49. The average molecular weight is 327 g/mol. The molecule has 0 aliphatic rings. The Labute approximate surface area is 131 Å². The molecule has 8 heteroatoms. The maximum absolute atomic E-state index is 13.9. The first-order valence-corrected chi connectivity index (χ1v) is 7.16. The van der Waals surface area contributed by atoms with Crippen LogP contribution in [0.15, 0.2) is 24.4 Å². The molecule has 118 valence electrons. The standard InChI is InChI=1S/C14H16ClFN4O2/c1-9(5-6-21)7-17-14(22)11-8-20(19-18-11)12-4-2-3-10(15)13(12)16/h2-4,8-9,21H,5-7H2,1H3,(H,17,22)/t9-/m1/s1. The Morgan fingerprint density at radius 2 is 2.32 bits per heavy atom. The molecular weight excluding hydrogens is 311 g/mol. The van der Waals surface area contributed by atoms with Crippen molar-refractivity contribution >= 4 is 17.5 Å². The quantitative estimate of drug-likeness (QED) is 0.848. The molecule has 0 saturated heterocycles. The van der Waals surface area contributed by atoms with Gasteiger partial charge in [-0.25, -0.2) is 9.07 Å². The number of rotatable bonds is 6. The first-order chi connectivity index (χ1) is 10.5. The van der Waals surface area contributed by atoms with Gasteiger partial charge in [-0.2, -0.15) is 0 Å².